The number of primary amides is 1. The number of ether oxygens (including phenoxy) is 1. The monoisotopic (exact) mass is 392 g/mol. The highest BCUT2D eigenvalue weighted by molar-refractivity contribution is 6.29. The van der Waals surface area contributed by atoms with E-state index in [1.165, 1.54) is 0 Å². The van der Waals surface area contributed by atoms with Crippen molar-refractivity contribution in [3.63, 3.8) is 0 Å². The number of allylic oxidation sites excluding steroid dienone is 8. The first-order valence-electron chi connectivity index (χ1n) is 9.42. The van der Waals surface area contributed by atoms with Crippen molar-refractivity contribution in [2.45, 2.75) is 58.5 Å². The van der Waals surface area contributed by atoms with Crippen molar-refractivity contribution in [3.8, 4) is 0 Å². The Labute approximate surface area is 166 Å². The predicted molar refractivity (Wildman–Crippen MR) is 108 cm³/mol. The van der Waals surface area contributed by atoms with Gasteiger partial charge in [-0.1, -0.05) is 42.8 Å². The van der Waals surface area contributed by atoms with E-state index in [0.29, 0.717) is 13.0 Å². The third-order valence-electron chi connectivity index (χ3n) is 4.95. The van der Waals surface area contributed by atoms with Crippen molar-refractivity contribution in [2.75, 3.05) is 6.61 Å². The molecule has 148 valence electrons. The second-order valence-corrected chi connectivity index (χ2v) is 7.93. The van der Waals surface area contributed by atoms with E-state index in [4.69, 9.17) is 22.1 Å². The Bertz CT molecular complexity index is 708. The van der Waals surface area contributed by atoms with Crippen LogP contribution in [0.4, 0.5) is 0 Å². The van der Waals surface area contributed by atoms with Crippen LogP contribution in [-0.2, 0) is 14.3 Å². The molecule has 0 bridgehead atoms. The Morgan fingerprint density at radius 2 is 2.11 bits per heavy atom. The van der Waals surface area contributed by atoms with Crippen LogP contribution in [0.15, 0.2) is 46.6 Å². The van der Waals surface area contributed by atoms with Gasteiger partial charge >= 0.3 is 5.97 Å². The van der Waals surface area contributed by atoms with Gasteiger partial charge in [0.25, 0.3) is 0 Å². The van der Waals surface area contributed by atoms with Crippen LogP contribution in [-0.4, -0.2) is 30.6 Å². The van der Waals surface area contributed by atoms with Gasteiger partial charge < -0.3 is 10.5 Å². The molecule has 0 spiro atoms. The van der Waals surface area contributed by atoms with E-state index in [-0.39, 0.29) is 11.4 Å². The second kappa shape index (κ2) is 9.38. The van der Waals surface area contributed by atoms with E-state index in [2.05, 4.69) is 36.5 Å². The molecule has 2 unspecified atom stereocenters. The zero-order chi connectivity index (χ0) is 20.0. The Morgan fingerprint density at radius 3 is 2.67 bits per heavy atom. The molecule has 6 heteroatoms. The largest absolute Gasteiger partial charge is 0.465 e. The van der Waals surface area contributed by atoms with Gasteiger partial charge in [-0.15, -0.1) is 0 Å². The molecule has 0 aromatic rings. The molecule has 3 N–H and O–H groups in total. The molecular weight excluding hydrogens is 364 g/mol. The van der Waals surface area contributed by atoms with E-state index in [9.17, 15) is 9.59 Å². The molecule has 2 rings (SSSR count). The van der Waals surface area contributed by atoms with E-state index >= 15 is 0 Å². The summed E-state index contributed by atoms with van der Waals surface area (Å²) < 4.78 is 4.99. The summed E-state index contributed by atoms with van der Waals surface area (Å²) in [7, 11) is 0. The van der Waals surface area contributed by atoms with Crippen LogP contribution in [0.25, 0.3) is 0 Å². The fourth-order valence-electron chi connectivity index (χ4n) is 3.35. The minimum absolute atomic E-state index is 0.229. The maximum atomic E-state index is 11.9. The summed E-state index contributed by atoms with van der Waals surface area (Å²) in [6, 6.07) is -1.21. The number of carbonyl (C=O) groups is 2. The number of nitrogens with two attached hydrogens (primary N) is 1. The molecule has 0 saturated carbocycles. The van der Waals surface area contributed by atoms with Crippen molar-refractivity contribution < 1.29 is 14.3 Å². The van der Waals surface area contributed by atoms with Gasteiger partial charge in [0.15, 0.2) is 0 Å². The van der Waals surface area contributed by atoms with Crippen molar-refractivity contribution >= 4 is 23.5 Å². The number of esters is 1. The van der Waals surface area contributed by atoms with Crippen molar-refractivity contribution in [2.24, 2.45) is 11.1 Å². The molecule has 0 fully saturated rings. The minimum atomic E-state index is -0.614. The second-order valence-electron chi connectivity index (χ2n) is 7.44. The molecule has 0 aromatic heterocycles. The summed E-state index contributed by atoms with van der Waals surface area (Å²) >= 11 is 6.16. The first kappa shape index (κ1) is 21.5. The number of hydrogen-bond acceptors (Lipinski definition) is 4. The summed E-state index contributed by atoms with van der Waals surface area (Å²) in [4.78, 5) is 23.8. The summed E-state index contributed by atoms with van der Waals surface area (Å²) in [5.41, 5.74) is 7.63. The summed E-state index contributed by atoms with van der Waals surface area (Å²) in [5, 5.41) is 3.89. The van der Waals surface area contributed by atoms with E-state index in [1.807, 2.05) is 6.08 Å². The third-order valence-corrected chi connectivity index (χ3v) is 5.25. The van der Waals surface area contributed by atoms with Crippen LogP contribution in [0.5, 0.6) is 0 Å². The summed E-state index contributed by atoms with van der Waals surface area (Å²) in [6.07, 6.45) is 13.7. The standard InChI is InChI=1S/C21H29ClN2O3/c1-4-27-20(26)14(2)24-18(19(23)25)13-21(3)10-8-15(9-11-21)16-6-5-7-17(22)12-16/h6,8-10,12,14,18,24H,4-5,7,11,13H2,1-3H3,(H2,23,25)/t14-,18?,21?/m0/s1. The van der Waals surface area contributed by atoms with Crippen LogP contribution < -0.4 is 11.1 Å². The highest BCUT2D eigenvalue weighted by atomic mass is 35.5. The lowest BCUT2D eigenvalue weighted by atomic mass is 9.75. The molecule has 27 heavy (non-hydrogen) atoms. The number of amides is 1. The molecule has 3 atom stereocenters. The lowest BCUT2D eigenvalue weighted by Gasteiger charge is -2.32. The fourth-order valence-corrected chi connectivity index (χ4v) is 3.57. The van der Waals surface area contributed by atoms with Crippen molar-refractivity contribution in [1.29, 1.82) is 0 Å². The maximum Gasteiger partial charge on any atom is 0.322 e. The van der Waals surface area contributed by atoms with Gasteiger partial charge in [0.05, 0.1) is 12.6 Å². The van der Waals surface area contributed by atoms with E-state index in [0.717, 1.165) is 35.4 Å². The van der Waals surface area contributed by atoms with Gasteiger partial charge in [-0.25, -0.2) is 0 Å². The molecule has 0 saturated heterocycles. The van der Waals surface area contributed by atoms with Crippen LogP contribution in [0, 0.1) is 5.41 Å². The Hall–Kier alpha value is -1.85. The summed E-state index contributed by atoms with van der Waals surface area (Å²) in [6.45, 7) is 5.81. The Balaban J connectivity index is 2.02. The molecule has 1 amide bonds. The molecular formula is C21H29ClN2O3. The topological polar surface area (TPSA) is 81.4 Å². The Morgan fingerprint density at radius 1 is 1.37 bits per heavy atom. The highest BCUT2D eigenvalue weighted by Crippen LogP contribution is 2.37. The number of hydrogen-bond donors (Lipinski definition) is 2. The van der Waals surface area contributed by atoms with Crippen LogP contribution >= 0.6 is 11.6 Å². The normalized spacial score (nSPS) is 24.4. The third kappa shape index (κ3) is 6.08. The van der Waals surface area contributed by atoms with Crippen LogP contribution in [0.1, 0.15) is 46.5 Å². The first-order valence-corrected chi connectivity index (χ1v) is 9.80. The van der Waals surface area contributed by atoms with Gasteiger partial charge in [0.1, 0.15) is 6.04 Å². The van der Waals surface area contributed by atoms with Gasteiger partial charge in [-0.2, -0.15) is 0 Å². The fraction of sp³-hybridized carbons (Fsp3) is 0.524. The molecule has 0 heterocycles. The lowest BCUT2D eigenvalue weighted by molar-refractivity contribution is -0.145. The minimum Gasteiger partial charge on any atom is -0.465 e. The summed E-state index contributed by atoms with van der Waals surface area (Å²) in [5.74, 6) is -0.858. The first-order chi connectivity index (χ1) is 12.7. The van der Waals surface area contributed by atoms with Gasteiger partial charge in [-0.3, -0.25) is 14.9 Å². The van der Waals surface area contributed by atoms with E-state index in [1.54, 1.807) is 13.8 Å². The number of carbonyl (C=O) groups excluding carboxylic acids is 2. The number of nitrogens with one attached hydrogen (secondary N) is 1. The van der Waals surface area contributed by atoms with Gasteiger partial charge in [0.2, 0.25) is 5.91 Å². The molecule has 0 aromatic carbocycles. The lowest BCUT2D eigenvalue weighted by Crippen LogP contribution is -2.50. The maximum absolute atomic E-state index is 11.9. The Kier molecular flexibility index (Phi) is 7.45. The number of rotatable bonds is 8. The van der Waals surface area contributed by atoms with Crippen LogP contribution in [0.2, 0.25) is 0 Å². The van der Waals surface area contributed by atoms with Crippen LogP contribution in [0.3, 0.4) is 0 Å². The van der Waals surface area contributed by atoms with Gasteiger partial charge in [-0.05, 0) is 62.2 Å². The van der Waals surface area contributed by atoms with Crippen molar-refractivity contribution in [3.05, 3.63) is 46.6 Å². The average Bonchev–Trinajstić information content (AvgIpc) is 2.61. The van der Waals surface area contributed by atoms with Gasteiger partial charge in [0, 0.05) is 5.03 Å². The quantitative estimate of drug-likeness (QED) is 0.619. The van der Waals surface area contributed by atoms with Crippen molar-refractivity contribution in [1.82, 2.24) is 5.32 Å². The van der Waals surface area contributed by atoms with E-state index < -0.39 is 18.0 Å². The smallest absolute Gasteiger partial charge is 0.322 e. The predicted octanol–water partition coefficient (Wildman–Crippen LogP) is 3.51. The molecule has 2 aliphatic rings. The molecule has 2 aliphatic carbocycles. The highest BCUT2D eigenvalue weighted by Gasteiger charge is 2.31. The SMILES string of the molecule is CCOC(=O)[C@H](C)NC(CC1(C)C=CC(C2=CCCC(Cl)=C2)=CC1)C(N)=O. The molecule has 0 radical (unpaired) electrons. The zero-order valence-electron chi connectivity index (χ0n) is 16.3. The molecule has 0 aliphatic heterocycles. The number of halogens is 1. The average molecular weight is 393 g/mol. The molecule has 5 nitrogen and oxygen atoms in total. The zero-order valence-corrected chi connectivity index (χ0v) is 17.0.